The minimum absolute atomic E-state index is 0.00241. The predicted octanol–water partition coefficient (Wildman–Crippen LogP) is 1.96. The molecule has 16 heavy (non-hydrogen) atoms. The SMILES string of the molecule is CCC(C)NC(=O)Cc1cccc(C=O)c1. The van der Waals surface area contributed by atoms with Crippen LogP contribution in [0.5, 0.6) is 0 Å². The van der Waals surface area contributed by atoms with Crippen LogP contribution >= 0.6 is 0 Å². The third-order valence-electron chi connectivity index (χ3n) is 2.47. The number of carbonyl (C=O) groups is 2. The van der Waals surface area contributed by atoms with Crippen LogP contribution in [0.15, 0.2) is 24.3 Å². The summed E-state index contributed by atoms with van der Waals surface area (Å²) in [7, 11) is 0. The first-order chi connectivity index (χ1) is 7.65. The Morgan fingerprint density at radius 1 is 1.50 bits per heavy atom. The smallest absolute Gasteiger partial charge is 0.224 e. The van der Waals surface area contributed by atoms with Gasteiger partial charge >= 0.3 is 0 Å². The van der Waals surface area contributed by atoms with Crippen LogP contribution in [0.4, 0.5) is 0 Å². The molecule has 1 atom stereocenters. The molecule has 1 N–H and O–H groups in total. The Morgan fingerprint density at radius 2 is 2.25 bits per heavy atom. The van der Waals surface area contributed by atoms with E-state index >= 15 is 0 Å². The summed E-state index contributed by atoms with van der Waals surface area (Å²) in [4.78, 5) is 22.1. The second-order valence-electron chi connectivity index (χ2n) is 3.92. The van der Waals surface area contributed by atoms with Crippen molar-refractivity contribution in [3.8, 4) is 0 Å². The largest absolute Gasteiger partial charge is 0.353 e. The summed E-state index contributed by atoms with van der Waals surface area (Å²) in [6, 6.07) is 7.30. The van der Waals surface area contributed by atoms with Crippen molar-refractivity contribution in [1.82, 2.24) is 5.32 Å². The quantitative estimate of drug-likeness (QED) is 0.769. The minimum Gasteiger partial charge on any atom is -0.353 e. The first-order valence-corrected chi connectivity index (χ1v) is 5.49. The van der Waals surface area contributed by atoms with Gasteiger partial charge in [0.25, 0.3) is 0 Å². The monoisotopic (exact) mass is 219 g/mol. The van der Waals surface area contributed by atoms with Gasteiger partial charge in [0.1, 0.15) is 6.29 Å². The molecule has 1 rings (SSSR count). The van der Waals surface area contributed by atoms with Gasteiger partial charge in [0.2, 0.25) is 5.91 Å². The lowest BCUT2D eigenvalue weighted by Crippen LogP contribution is -2.33. The van der Waals surface area contributed by atoms with Crippen LogP contribution in [0.25, 0.3) is 0 Å². The number of benzene rings is 1. The van der Waals surface area contributed by atoms with Crippen molar-refractivity contribution in [3.05, 3.63) is 35.4 Å². The predicted molar refractivity (Wildman–Crippen MR) is 63.4 cm³/mol. The fraction of sp³-hybridized carbons (Fsp3) is 0.385. The minimum atomic E-state index is -0.00241. The average Bonchev–Trinajstić information content (AvgIpc) is 2.28. The molecule has 86 valence electrons. The molecule has 0 radical (unpaired) electrons. The van der Waals surface area contributed by atoms with Crippen LogP contribution in [0.2, 0.25) is 0 Å². The molecule has 0 fully saturated rings. The van der Waals surface area contributed by atoms with E-state index in [1.165, 1.54) is 0 Å². The molecular weight excluding hydrogens is 202 g/mol. The Hall–Kier alpha value is -1.64. The lowest BCUT2D eigenvalue weighted by Gasteiger charge is -2.11. The standard InChI is InChI=1S/C13H17NO2/c1-3-10(2)14-13(16)8-11-5-4-6-12(7-11)9-15/h4-7,9-10H,3,8H2,1-2H3,(H,14,16). The molecule has 1 aromatic carbocycles. The Morgan fingerprint density at radius 3 is 2.88 bits per heavy atom. The summed E-state index contributed by atoms with van der Waals surface area (Å²) in [5.41, 5.74) is 1.47. The molecule has 3 nitrogen and oxygen atoms in total. The first-order valence-electron chi connectivity index (χ1n) is 5.49. The molecule has 0 aliphatic heterocycles. The first kappa shape index (κ1) is 12.4. The van der Waals surface area contributed by atoms with Crippen molar-refractivity contribution in [3.63, 3.8) is 0 Å². The van der Waals surface area contributed by atoms with E-state index in [9.17, 15) is 9.59 Å². The van der Waals surface area contributed by atoms with E-state index in [-0.39, 0.29) is 11.9 Å². The molecule has 1 amide bonds. The number of hydrogen-bond donors (Lipinski definition) is 1. The fourth-order valence-corrected chi connectivity index (χ4v) is 1.39. The molecule has 0 bridgehead atoms. The second-order valence-corrected chi connectivity index (χ2v) is 3.92. The number of nitrogens with one attached hydrogen (secondary N) is 1. The van der Waals surface area contributed by atoms with Gasteiger partial charge < -0.3 is 5.32 Å². The maximum atomic E-state index is 11.6. The van der Waals surface area contributed by atoms with Crippen molar-refractivity contribution < 1.29 is 9.59 Å². The third kappa shape index (κ3) is 3.85. The van der Waals surface area contributed by atoms with Gasteiger partial charge in [-0.05, 0) is 25.0 Å². The highest BCUT2D eigenvalue weighted by atomic mass is 16.1. The summed E-state index contributed by atoms with van der Waals surface area (Å²) in [5, 5.41) is 2.89. The summed E-state index contributed by atoms with van der Waals surface area (Å²) in [5.74, 6) is -0.00241. The van der Waals surface area contributed by atoms with Crippen molar-refractivity contribution in [1.29, 1.82) is 0 Å². The van der Waals surface area contributed by atoms with Gasteiger partial charge in [-0.3, -0.25) is 9.59 Å². The number of amides is 1. The summed E-state index contributed by atoms with van der Waals surface area (Å²) in [6.45, 7) is 4.00. The molecule has 3 heteroatoms. The summed E-state index contributed by atoms with van der Waals surface area (Å²) < 4.78 is 0. The molecule has 1 aromatic rings. The molecule has 1 unspecified atom stereocenters. The number of aldehydes is 1. The third-order valence-corrected chi connectivity index (χ3v) is 2.47. The van der Waals surface area contributed by atoms with E-state index in [2.05, 4.69) is 5.32 Å². The van der Waals surface area contributed by atoms with Crippen LogP contribution < -0.4 is 5.32 Å². The Balaban J connectivity index is 2.58. The second kappa shape index (κ2) is 6.05. The van der Waals surface area contributed by atoms with Gasteiger partial charge in [-0.1, -0.05) is 25.1 Å². The zero-order valence-electron chi connectivity index (χ0n) is 9.69. The molecule has 0 aliphatic rings. The van der Waals surface area contributed by atoms with E-state index in [1.807, 2.05) is 19.9 Å². The van der Waals surface area contributed by atoms with Gasteiger partial charge in [0, 0.05) is 11.6 Å². The molecule has 0 saturated heterocycles. The zero-order valence-corrected chi connectivity index (χ0v) is 9.69. The van der Waals surface area contributed by atoms with E-state index in [1.54, 1.807) is 18.2 Å². The number of rotatable bonds is 5. The van der Waals surface area contributed by atoms with Gasteiger partial charge in [-0.25, -0.2) is 0 Å². The fourth-order valence-electron chi connectivity index (χ4n) is 1.39. The zero-order chi connectivity index (χ0) is 12.0. The maximum Gasteiger partial charge on any atom is 0.224 e. The van der Waals surface area contributed by atoms with Gasteiger partial charge in [0.05, 0.1) is 6.42 Å². The average molecular weight is 219 g/mol. The van der Waals surface area contributed by atoms with Crippen molar-refractivity contribution in [2.75, 3.05) is 0 Å². The van der Waals surface area contributed by atoms with Crippen molar-refractivity contribution >= 4 is 12.2 Å². The summed E-state index contributed by atoms with van der Waals surface area (Å²) >= 11 is 0. The van der Waals surface area contributed by atoms with Gasteiger partial charge in [-0.2, -0.15) is 0 Å². The Bertz CT molecular complexity index is 374. The van der Waals surface area contributed by atoms with Crippen molar-refractivity contribution in [2.24, 2.45) is 0 Å². The lowest BCUT2D eigenvalue weighted by atomic mass is 10.1. The van der Waals surface area contributed by atoms with E-state index in [0.29, 0.717) is 12.0 Å². The highest BCUT2D eigenvalue weighted by molar-refractivity contribution is 5.80. The van der Waals surface area contributed by atoms with Gasteiger partial charge in [0.15, 0.2) is 0 Å². The number of hydrogen-bond acceptors (Lipinski definition) is 2. The molecule has 0 aromatic heterocycles. The normalized spacial score (nSPS) is 11.9. The van der Waals surface area contributed by atoms with Crippen LogP contribution in [-0.4, -0.2) is 18.2 Å². The van der Waals surface area contributed by atoms with E-state index < -0.39 is 0 Å². The highest BCUT2D eigenvalue weighted by Gasteiger charge is 2.06. The molecule has 0 heterocycles. The maximum absolute atomic E-state index is 11.6. The Kier molecular flexibility index (Phi) is 4.70. The van der Waals surface area contributed by atoms with Crippen molar-refractivity contribution in [2.45, 2.75) is 32.7 Å². The van der Waals surface area contributed by atoms with E-state index in [4.69, 9.17) is 0 Å². The van der Waals surface area contributed by atoms with Crippen LogP contribution in [0, 0.1) is 0 Å². The van der Waals surface area contributed by atoms with Crippen LogP contribution in [0.3, 0.4) is 0 Å². The Labute approximate surface area is 95.9 Å². The molecule has 0 spiro atoms. The summed E-state index contributed by atoms with van der Waals surface area (Å²) in [6.07, 6.45) is 2.03. The highest BCUT2D eigenvalue weighted by Crippen LogP contribution is 2.04. The van der Waals surface area contributed by atoms with Gasteiger partial charge in [-0.15, -0.1) is 0 Å². The van der Waals surface area contributed by atoms with E-state index in [0.717, 1.165) is 18.3 Å². The lowest BCUT2D eigenvalue weighted by molar-refractivity contribution is -0.121. The molecule has 0 saturated carbocycles. The van der Waals surface area contributed by atoms with Crippen LogP contribution in [0.1, 0.15) is 36.2 Å². The molecule has 0 aliphatic carbocycles. The van der Waals surface area contributed by atoms with Crippen LogP contribution in [-0.2, 0) is 11.2 Å². The number of carbonyl (C=O) groups excluding carboxylic acids is 2. The molecular formula is C13H17NO2. The topological polar surface area (TPSA) is 46.2 Å².